The van der Waals surface area contributed by atoms with Gasteiger partial charge in [0, 0.05) is 50.8 Å². The molecule has 2 aromatic rings. The molecule has 0 amide bonds. The van der Waals surface area contributed by atoms with Crippen molar-refractivity contribution in [3.8, 4) is 0 Å². The summed E-state index contributed by atoms with van der Waals surface area (Å²) in [6, 6.07) is 8.16. The highest BCUT2D eigenvalue weighted by Crippen LogP contribution is 2.37. The lowest BCUT2D eigenvalue weighted by Gasteiger charge is -2.23. The summed E-state index contributed by atoms with van der Waals surface area (Å²) in [5.41, 5.74) is 2.40. The van der Waals surface area contributed by atoms with Crippen LogP contribution in [0.2, 0.25) is 0 Å². The van der Waals surface area contributed by atoms with E-state index in [0.29, 0.717) is 13.2 Å². The minimum Gasteiger partial charge on any atom is -0.475 e. The van der Waals surface area contributed by atoms with Gasteiger partial charge >= 0.3 is 36.4 Å². The summed E-state index contributed by atoms with van der Waals surface area (Å²) in [6.07, 6.45) is -5.63. The molecular weight excluding hydrogens is 641 g/mol. The third-order valence-corrected chi connectivity index (χ3v) is 5.66. The number of hydrogen-bond donors (Lipinski definition) is 3. The summed E-state index contributed by atoms with van der Waals surface area (Å²) in [6.45, 7) is 4.34. The number of nitrogens with zero attached hydrogens (tertiary/aromatic N) is 3. The number of carbonyl (C=O) groups is 3. The summed E-state index contributed by atoms with van der Waals surface area (Å²) in [7, 11) is 0. The van der Waals surface area contributed by atoms with Gasteiger partial charge in [0.2, 0.25) is 0 Å². The quantitative estimate of drug-likeness (QED) is 0.390. The number of rotatable bonds is 5. The van der Waals surface area contributed by atoms with E-state index >= 15 is 0 Å². The van der Waals surface area contributed by atoms with Crippen LogP contribution in [-0.4, -0.2) is 98.0 Å². The van der Waals surface area contributed by atoms with Crippen molar-refractivity contribution < 1.29 is 78.7 Å². The fraction of sp³-hybridized carbons (Fsp3) is 0.480. The highest BCUT2D eigenvalue weighted by Gasteiger charge is 2.46. The number of hydrogen-bond acceptors (Lipinski definition) is 8. The lowest BCUT2D eigenvalue weighted by molar-refractivity contribution is -0.193. The highest BCUT2D eigenvalue weighted by atomic mass is 19.4. The van der Waals surface area contributed by atoms with Crippen molar-refractivity contribution in [1.82, 2.24) is 14.9 Å². The Balaban J connectivity index is 0.000000396. The smallest absolute Gasteiger partial charge is 0.475 e. The molecule has 2 saturated heterocycles. The van der Waals surface area contributed by atoms with Crippen LogP contribution in [0.1, 0.15) is 24.0 Å². The number of carboxylic acids is 3. The van der Waals surface area contributed by atoms with Crippen LogP contribution in [0, 0.1) is 0 Å². The summed E-state index contributed by atoms with van der Waals surface area (Å²) >= 11 is 0. The van der Waals surface area contributed by atoms with Gasteiger partial charge in [0.1, 0.15) is 0 Å². The molecule has 4 rings (SSSR count). The molecule has 2 aliphatic heterocycles. The number of carboxylic acid groups (broad SMARTS) is 3. The van der Waals surface area contributed by atoms with Gasteiger partial charge in [0.15, 0.2) is 0 Å². The van der Waals surface area contributed by atoms with E-state index in [1.54, 1.807) is 6.20 Å². The molecule has 45 heavy (non-hydrogen) atoms. The molecule has 1 spiro atoms. The van der Waals surface area contributed by atoms with Crippen molar-refractivity contribution >= 4 is 17.9 Å². The van der Waals surface area contributed by atoms with Crippen LogP contribution in [0.25, 0.3) is 0 Å². The monoisotopic (exact) mass is 667 g/mol. The Hall–Kier alpha value is -4.04. The van der Waals surface area contributed by atoms with E-state index in [1.807, 2.05) is 30.7 Å². The maximum Gasteiger partial charge on any atom is 0.490 e. The standard InChI is InChI=1S/C19H23N3O2.3C2HF3O2/c1-2-17(11-21-6-1)13-23-18-10-19(24-14-18)5-9-22(15-19)12-16-3-7-20-8-4-16;3*3-2(4,5)1(6)7/h1-4,6-8,11,18H,5,9-10,12-15H2;3*(H,6,7)/t18-,19+;;;/m1.../s1. The number of alkyl halides is 9. The van der Waals surface area contributed by atoms with Gasteiger partial charge in [-0.1, -0.05) is 6.07 Å². The van der Waals surface area contributed by atoms with Crippen LogP contribution >= 0.6 is 0 Å². The fourth-order valence-electron chi connectivity index (χ4n) is 3.70. The largest absolute Gasteiger partial charge is 0.490 e. The second kappa shape index (κ2) is 16.9. The van der Waals surface area contributed by atoms with Crippen molar-refractivity contribution in [1.29, 1.82) is 0 Å². The Morgan fingerprint density at radius 2 is 1.36 bits per heavy atom. The predicted molar refractivity (Wildman–Crippen MR) is 131 cm³/mol. The molecule has 0 radical (unpaired) electrons. The molecule has 252 valence electrons. The molecule has 4 heterocycles. The summed E-state index contributed by atoms with van der Waals surface area (Å²) in [5, 5.41) is 21.4. The first kappa shape index (κ1) is 39.0. The van der Waals surface area contributed by atoms with Gasteiger partial charge in [-0.3, -0.25) is 14.9 Å². The summed E-state index contributed by atoms with van der Waals surface area (Å²) in [4.78, 5) is 37.4. The number of likely N-dealkylation sites (tertiary alicyclic amines) is 1. The number of aromatic nitrogens is 2. The lowest BCUT2D eigenvalue weighted by atomic mass is 9.98. The van der Waals surface area contributed by atoms with Crippen LogP contribution in [0.4, 0.5) is 39.5 Å². The van der Waals surface area contributed by atoms with Gasteiger partial charge in [0.05, 0.1) is 24.9 Å². The minimum absolute atomic E-state index is 0.0212. The Morgan fingerprint density at radius 1 is 0.844 bits per heavy atom. The topological polar surface area (TPSA) is 159 Å². The maximum absolute atomic E-state index is 10.6. The van der Waals surface area contributed by atoms with Crippen molar-refractivity contribution in [3.63, 3.8) is 0 Å². The molecule has 0 bridgehead atoms. The average Bonchev–Trinajstić information content (AvgIpc) is 3.53. The third-order valence-electron chi connectivity index (χ3n) is 5.66. The number of pyridine rings is 2. The van der Waals surface area contributed by atoms with Crippen LogP contribution in [-0.2, 0) is 37.0 Å². The van der Waals surface area contributed by atoms with E-state index in [-0.39, 0.29) is 11.7 Å². The van der Waals surface area contributed by atoms with Gasteiger partial charge < -0.3 is 24.8 Å². The van der Waals surface area contributed by atoms with Gasteiger partial charge in [-0.15, -0.1) is 0 Å². The minimum atomic E-state index is -5.08. The zero-order chi connectivity index (χ0) is 34.5. The maximum atomic E-state index is 10.6. The van der Waals surface area contributed by atoms with Crippen LogP contribution in [0.5, 0.6) is 0 Å². The number of aliphatic carboxylic acids is 3. The van der Waals surface area contributed by atoms with Crippen LogP contribution in [0.15, 0.2) is 49.1 Å². The number of halogens is 9. The molecule has 0 saturated carbocycles. The van der Waals surface area contributed by atoms with Crippen molar-refractivity contribution in [2.45, 2.75) is 56.2 Å². The first-order valence-electron chi connectivity index (χ1n) is 12.3. The van der Waals surface area contributed by atoms with Crippen molar-refractivity contribution in [2.24, 2.45) is 0 Å². The molecular formula is C25H26F9N3O8. The second-order valence-corrected chi connectivity index (χ2v) is 9.22. The Kier molecular flexibility index (Phi) is 14.6. The average molecular weight is 667 g/mol. The zero-order valence-corrected chi connectivity index (χ0v) is 22.8. The van der Waals surface area contributed by atoms with E-state index in [2.05, 4.69) is 27.0 Å². The van der Waals surface area contributed by atoms with Crippen LogP contribution < -0.4 is 0 Å². The molecule has 2 atom stereocenters. The molecule has 0 aromatic carbocycles. The van der Waals surface area contributed by atoms with Crippen molar-refractivity contribution in [2.75, 3.05) is 19.7 Å². The molecule has 0 aliphatic carbocycles. The highest BCUT2D eigenvalue weighted by molar-refractivity contribution is 5.73. The lowest BCUT2D eigenvalue weighted by Crippen LogP contribution is -2.32. The van der Waals surface area contributed by atoms with E-state index in [0.717, 1.165) is 38.0 Å². The predicted octanol–water partition coefficient (Wildman–Crippen LogP) is 4.33. The zero-order valence-electron chi connectivity index (χ0n) is 22.8. The molecule has 0 unspecified atom stereocenters. The molecule has 2 aliphatic rings. The van der Waals surface area contributed by atoms with E-state index in [1.165, 1.54) is 5.56 Å². The SMILES string of the molecule is O=C(O)C(F)(F)F.O=C(O)C(F)(F)F.O=C(O)C(F)(F)F.c1cncc(CO[C@H]2CO[C@@]3(CCN(Cc4ccncc4)C3)C2)c1. The Labute approximate surface area is 248 Å². The molecule has 20 heteroatoms. The van der Waals surface area contributed by atoms with Crippen LogP contribution in [0.3, 0.4) is 0 Å². The molecule has 3 N–H and O–H groups in total. The van der Waals surface area contributed by atoms with E-state index in [4.69, 9.17) is 39.2 Å². The number of ether oxygens (including phenoxy) is 2. The fourth-order valence-corrected chi connectivity index (χ4v) is 3.70. The van der Waals surface area contributed by atoms with Gasteiger partial charge in [0.25, 0.3) is 0 Å². The Bertz CT molecular complexity index is 1160. The summed E-state index contributed by atoms with van der Waals surface area (Å²) < 4.78 is 107. The molecule has 2 aromatic heterocycles. The van der Waals surface area contributed by atoms with Crippen molar-refractivity contribution in [3.05, 3.63) is 60.2 Å². The Morgan fingerprint density at radius 3 is 1.80 bits per heavy atom. The summed E-state index contributed by atoms with van der Waals surface area (Å²) in [5.74, 6) is -8.27. The molecule has 11 nitrogen and oxygen atoms in total. The van der Waals surface area contributed by atoms with E-state index in [9.17, 15) is 39.5 Å². The first-order chi connectivity index (χ1) is 20.6. The normalized spacial score (nSPS) is 19.7. The second-order valence-electron chi connectivity index (χ2n) is 9.22. The van der Waals surface area contributed by atoms with Gasteiger partial charge in [-0.05, 0) is 35.7 Å². The molecule has 2 fully saturated rings. The van der Waals surface area contributed by atoms with Gasteiger partial charge in [-0.25, -0.2) is 14.4 Å². The van der Waals surface area contributed by atoms with Gasteiger partial charge in [-0.2, -0.15) is 39.5 Å². The third kappa shape index (κ3) is 15.5. The first-order valence-corrected chi connectivity index (χ1v) is 12.3. The van der Waals surface area contributed by atoms with E-state index < -0.39 is 36.4 Å².